The van der Waals surface area contributed by atoms with E-state index in [4.69, 9.17) is 0 Å². The number of rotatable bonds is 6. The number of fused-ring (bicyclic) bond motifs is 1. The molecule has 28 heavy (non-hydrogen) atoms. The second-order valence-electron chi connectivity index (χ2n) is 6.81. The maximum absolute atomic E-state index is 12.6. The number of nitrogens with zero attached hydrogens (tertiary/aromatic N) is 3. The van der Waals surface area contributed by atoms with Crippen molar-refractivity contribution in [2.45, 2.75) is 26.4 Å². The van der Waals surface area contributed by atoms with Gasteiger partial charge in [-0.15, -0.1) is 0 Å². The second-order valence-corrected chi connectivity index (χ2v) is 6.81. The minimum atomic E-state index is -0.279. The standard InChI is InChI=1S/C21H24N4O3/c1-4-24-17-7-5-6-8-18(17)25(21(24)28)14-19(26)22-16-11-9-15(10-12-16)13-20(27)23(2)3/h5-12H,4,13-14H2,1-3H3,(H,22,26). The van der Waals surface area contributed by atoms with Gasteiger partial charge in [-0.2, -0.15) is 0 Å². The van der Waals surface area contributed by atoms with Crippen LogP contribution in [0, 0.1) is 0 Å². The number of benzene rings is 2. The van der Waals surface area contributed by atoms with Crippen LogP contribution < -0.4 is 11.0 Å². The number of aromatic nitrogens is 2. The number of carbonyl (C=O) groups excluding carboxylic acids is 2. The molecule has 1 N–H and O–H groups in total. The monoisotopic (exact) mass is 380 g/mol. The summed E-state index contributed by atoms with van der Waals surface area (Å²) >= 11 is 0. The Kier molecular flexibility index (Phi) is 5.63. The Labute approximate surface area is 163 Å². The van der Waals surface area contributed by atoms with Gasteiger partial charge in [-0.3, -0.25) is 18.7 Å². The molecule has 0 saturated carbocycles. The first kappa shape index (κ1) is 19.4. The van der Waals surface area contributed by atoms with Crippen molar-refractivity contribution in [3.63, 3.8) is 0 Å². The number of amides is 2. The number of carbonyl (C=O) groups is 2. The predicted octanol–water partition coefficient (Wildman–Crippen LogP) is 2.09. The van der Waals surface area contributed by atoms with Crippen LogP contribution in [0.2, 0.25) is 0 Å². The first-order valence-electron chi connectivity index (χ1n) is 9.17. The van der Waals surface area contributed by atoms with Crippen LogP contribution in [0.3, 0.4) is 0 Å². The van der Waals surface area contributed by atoms with E-state index in [1.807, 2.05) is 43.3 Å². The lowest BCUT2D eigenvalue weighted by Crippen LogP contribution is -2.29. The highest BCUT2D eigenvalue weighted by molar-refractivity contribution is 5.91. The maximum atomic E-state index is 12.6. The lowest BCUT2D eigenvalue weighted by Gasteiger charge is -2.11. The zero-order valence-corrected chi connectivity index (χ0v) is 16.3. The van der Waals surface area contributed by atoms with Crippen LogP contribution in [0.5, 0.6) is 0 Å². The summed E-state index contributed by atoms with van der Waals surface area (Å²) < 4.78 is 3.14. The van der Waals surface area contributed by atoms with E-state index in [9.17, 15) is 14.4 Å². The number of imidazole rings is 1. The van der Waals surface area contributed by atoms with E-state index in [2.05, 4.69) is 5.32 Å². The number of aryl methyl sites for hydroxylation is 1. The van der Waals surface area contributed by atoms with Crippen molar-refractivity contribution < 1.29 is 9.59 Å². The van der Waals surface area contributed by atoms with Crippen LogP contribution in [-0.4, -0.2) is 39.9 Å². The number of nitrogens with one attached hydrogen (secondary N) is 1. The number of para-hydroxylation sites is 2. The Morgan fingerprint density at radius 1 is 0.964 bits per heavy atom. The molecular formula is C21H24N4O3. The fourth-order valence-electron chi connectivity index (χ4n) is 3.11. The van der Waals surface area contributed by atoms with Gasteiger partial charge in [0.05, 0.1) is 17.5 Å². The van der Waals surface area contributed by atoms with Crippen LogP contribution in [-0.2, 0) is 29.1 Å². The minimum absolute atomic E-state index is 0.0171. The van der Waals surface area contributed by atoms with Gasteiger partial charge in [0, 0.05) is 26.3 Å². The average Bonchev–Trinajstić information content (AvgIpc) is 2.94. The van der Waals surface area contributed by atoms with Gasteiger partial charge in [0.2, 0.25) is 11.8 Å². The second kappa shape index (κ2) is 8.12. The Balaban J connectivity index is 1.73. The summed E-state index contributed by atoms with van der Waals surface area (Å²) in [5.74, 6) is -0.262. The van der Waals surface area contributed by atoms with Gasteiger partial charge in [0.15, 0.2) is 0 Å². The Morgan fingerprint density at radius 3 is 2.14 bits per heavy atom. The van der Waals surface area contributed by atoms with Crippen LogP contribution in [0.1, 0.15) is 12.5 Å². The molecule has 0 saturated heterocycles. The van der Waals surface area contributed by atoms with Crippen molar-refractivity contribution in [2.75, 3.05) is 19.4 Å². The zero-order valence-electron chi connectivity index (χ0n) is 16.3. The third kappa shape index (κ3) is 3.98. The lowest BCUT2D eigenvalue weighted by atomic mass is 10.1. The SMILES string of the molecule is CCn1c(=O)n(CC(=O)Nc2ccc(CC(=O)N(C)C)cc2)c2ccccc21. The fourth-order valence-corrected chi connectivity index (χ4v) is 3.11. The lowest BCUT2D eigenvalue weighted by molar-refractivity contribution is -0.128. The molecule has 0 aliphatic heterocycles. The Hall–Kier alpha value is -3.35. The van der Waals surface area contributed by atoms with Gasteiger partial charge in [0.1, 0.15) is 6.54 Å². The summed E-state index contributed by atoms with van der Waals surface area (Å²) in [7, 11) is 3.43. The van der Waals surface area contributed by atoms with Gasteiger partial charge in [0.25, 0.3) is 0 Å². The highest BCUT2D eigenvalue weighted by Crippen LogP contribution is 2.14. The van der Waals surface area contributed by atoms with E-state index < -0.39 is 0 Å². The molecule has 0 atom stereocenters. The first-order valence-corrected chi connectivity index (χ1v) is 9.17. The largest absolute Gasteiger partial charge is 0.349 e. The molecule has 2 amide bonds. The molecule has 1 heterocycles. The predicted molar refractivity (Wildman–Crippen MR) is 109 cm³/mol. The van der Waals surface area contributed by atoms with Crippen LogP contribution in [0.25, 0.3) is 11.0 Å². The smallest absolute Gasteiger partial charge is 0.329 e. The molecule has 0 aliphatic carbocycles. The summed E-state index contributed by atoms with van der Waals surface area (Å²) in [6.07, 6.45) is 0.313. The van der Waals surface area contributed by atoms with E-state index in [-0.39, 0.29) is 24.0 Å². The Bertz CT molecular complexity index is 1060. The molecule has 0 unspecified atom stereocenters. The maximum Gasteiger partial charge on any atom is 0.329 e. The molecule has 2 aromatic carbocycles. The Morgan fingerprint density at radius 2 is 1.57 bits per heavy atom. The summed E-state index contributed by atoms with van der Waals surface area (Å²) in [5.41, 5.74) is 2.86. The summed E-state index contributed by atoms with van der Waals surface area (Å²) in [6.45, 7) is 2.38. The highest BCUT2D eigenvalue weighted by Gasteiger charge is 2.14. The average molecular weight is 380 g/mol. The van der Waals surface area contributed by atoms with Crippen LogP contribution >= 0.6 is 0 Å². The molecule has 7 heteroatoms. The third-order valence-corrected chi connectivity index (χ3v) is 4.63. The van der Waals surface area contributed by atoms with Crippen molar-refractivity contribution in [1.29, 1.82) is 0 Å². The number of anilines is 1. The van der Waals surface area contributed by atoms with Crippen molar-refractivity contribution in [3.8, 4) is 0 Å². The van der Waals surface area contributed by atoms with Crippen molar-refractivity contribution >= 4 is 28.5 Å². The van der Waals surface area contributed by atoms with E-state index in [0.29, 0.717) is 18.7 Å². The molecule has 3 aromatic rings. The van der Waals surface area contributed by atoms with Crippen molar-refractivity contribution in [2.24, 2.45) is 0 Å². The van der Waals surface area contributed by atoms with E-state index in [0.717, 1.165) is 16.6 Å². The number of likely N-dealkylation sites (N-methyl/N-ethyl adjacent to an activating group) is 1. The molecule has 7 nitrogen and oxygen atoms in total. The molecule has 0 spiro atoms. The molecule has 0 radical (unpaired) electrons. The van der Waals surface area contributed by atoms with Crippen molar-refractivity contribution in [3.05, 3.63) is 64.6 Å². The first-order chi connectivity index (χ1) is 13.4. The summed E-state index contributed by atoms with van der Waals surface area (Å²) in [6, 6.07) is 14.6. The van der Waals surface area contributed by atoms with Gasteiger partial charge in [-0.25, -0.2) is 4.79 Å². The molecule has 146 valence electrons. The summed E-state index contributed by atoms with van der Waals surface area (Å²) in [4.78, 5) is 38.4. The van der Waals surface area contributed by atoms with Gasteiger partial charge in [-0.1, -0.05) is 24.3 Å². The molecule has 0 bridgehead atoms. The normalized spacial score (nSPS) is 10.8. The quantitative estimate of drug-likeness (QED) is 0.711. The molecular weight excluding hydrogens is 356 g/mol. The van der Waals surface area contributed by atoms with Gasteiger partial charge >= 0.3 is 5.69 Å². The zero-order chi connectivity index (χ0) is 20.3. The van der Waals surface area contributed by atoms with Crippen LogP contribution in [0.4, 0.5) is 5.69 Å². The van der Waals surface area contributed by atoms with Crippen LogP contribution in [0.15, 0.2) is 53.3 Å². The van der Waals surface area contributed by atoms with E-state index >= 15 is 0 Å². The van der Waals surface area contributed by atoms with E-state index in [1.54, 1.807) is 35.7 Å². The topological polar surface area (TPSA) is 76.3 Å². The molecule has 3 rings (SSSR count). The molecule has 0 aliphatic rings. The number of hydrogen-bond acceptors (Lipinski definition) is 3. The van der Waals surface area contributed by atoms with Crippen molar-refractivity contribution in [1.82, 2.24) is 14.0 Å². The van der Waals surface area contributed by atoms with Gasteiger partial charge < -0.3 is 10.2 Å². The fraction of sp³-hybridized carbons (Fsp3) is 0.286. The van der Waals surface area contributed by atoms with Gasteiger partial charge in [-0.05, 0) is 36.8 Å². The number of hydrogen-bond donors (Lipinski definition) is 1. The van der Waals surface area contributed by atoms with E-state index in [1.165, 1.54) is 4.57 Å². The molecule has 0 fully saturated rings. The highest BCUT2D eigenvalue weighted by atomic mass is 16.2. The minimum Gasteiger partial charge on any atom is -0.349 e. The third-order valence-electron chi connectivity index (χ3n) is 4.63. The summed E-state index contributed by atoms with van der Waals surface area (Å²) in [5, 5.41) is 2.81. The molecule has 1 aromatic heterocycles.